The Balaban J connectivity index is 0.00000200. The van der Waals surface area contributed by atoms with Gasteiger partial charge in [-0.2, -0.15) is 0 Å². The maximum atomic E-state index is 10.4. The van der Waals surface area contributed by atoms with E-state index in [4.69, 9.17) is 28.3 Å². The van der Waals surface area contributed by atoms with Gasteiger partial charge in [0.1, 0.15) is 0 Å². The number of fused-ring (bicyclic) bond motifs is 1. The highest BCUT2D eigenvalue weighted by molar-refractivity contribution is 6.35. The van der Waals surface area contributed by atoms with Crippen molar-refractivity contribution in [2.75, 3.05) is 13.1 Å². The second-order valence-electron chi connectivity index (χ2n) is 4.90. The molecule has 1 aromatic rings. The third-order valence-electron chi connectivity index (χ3n) is 3.45. The third kappa shape index (κ3) is 4.81. The van der Waals surface area contributed by atoms with E-state index in [1.54, 1.807) is 6.07 Å². The van der Waals surface area contributed by atoms with E-state index in [1.807, 2.05) is 6.07 Å². The van der Waals surface area contributed by atoms with Crippen LogP contribution in [0.25, 0.3) is 0 Å². The van der Waals surface area contributed by atoms with Crippen molar-refractivity contribution in [2.24, 2.45) is 0 Å². The van der Waals surface area contributed by atoms with E-state index in [1.165, 1.54) is 5.56 Å². The Hall–Kier alpha value is -0.480. The molecule has 0 fully saturated rings. The molecule has 0 saturated carbocycles. The van der Waals surface area contributed by atoms with Gasteiger partial charge in [-0.1, -0.05) is 23.2 Å². The van der Waals surface area contributed by atoms with E-state index in [-0.39, 0.29) is 18.8 Å². The molecule has 2 rings (SSSR count). The van der Waals surface area contributed by atoms with Gasteiger partial charge in [0.05, 0.1) is 0 Å². The lowest BCUT2D eigenvalue weighted by molar-refractivity contribution is -0.137. The number of nitrogens with zero attached hydrogens (tertiary/aromatic N) is 1. The minimum Gasteiger partial charge on any atom is -0.481 e. The minimum atomic E-state index is -0.721. The highest BCUT2D eigenvalue weighted by Gasteiger charge is 2.18. The van der Waals surface area contributed by atoms with E-state index in [0.29, 0.717) is 5.02 Å². The first-order valence-corrected chi connectivity index (χ1v) is 7.23. The van der Waals surface area contributed by atoms with Crippen molar-refractivity contribution >= 4 is 41.6 Å². The van der Waals surface area contributed by atoms with Crippen molar-refractivity contribution in [3.05, 3.63) is 33.3 Å². The molecule has 6 heteroatoms. The van der Waals surface area contributed by atoms with Gasteiger partial charge in [-0.3, -0.25) is 9.69 Å². The summed E-state index contributed by atoms with van der Waals surface area (Å²) >= 11 is 12.2. The molecule has 0 aromatic heterocycles. The Kier molecular flexibility index (Phi) is 7.10. The lowest BCUT2D eigenvalue weighted by Crippen LogP contribution is -2.31. The number of hydrogen-bond donors (Lipinski definition) is 1. The molecule has 0 amide bonds. The molecule has 0 saturated heterocycles. The van der Waals surface area contributed by atoms with Crippen molar-refractivity contribution in [2.45, 2.75) is 32.2 Å². The predicted octanol–water partition coefficient (Wildman–Crippen LogP) is 4.03. The van der Waals surface area contributed by atoms with Crippen molar-refractivity contribution in [3.63, 3.8) is 0 Å². The standard InChI is InChI=1S/C14H17Cl2NO2.ClH/c15-11-7-10-4-6-17(5-2-1-3-14(18)19)9-12(10)13(16)8-11;/h7-8H,1-6,9H2,(H,18,19);1H. The molecule has 0 atom stereocenters. The fourth-order valence-electron chi connectivity index (χ4n) is 2.44. The average Bonchev–Trinajstić information content (AvgIpc) is 2.35. The minimum absolute atomic E-state index is 0. The van der Waals surface area contributed by atoms with Crippen LogP contribution < -0.4 is 0 Å². The lowest BCUT2D eigenvalue weighted by Gasteiger charge is -2.29. The Morgan fingerprint density at radius 3 is 2.75 bits per heavy atom. The predicted molar refractivity (Wildman–Crippen MR) is 84.2 cm³/mol. The number of halogens is 3. The van der Waals surface area contributed by atoms with E-state index in [0.717, 1.165) is 49.5 Å². The Morgan fingerprint density at radius 2 is 2.05 bits per heavy atom. The summed E-state index contributed by atoms with van der Waals surface area (Å²) < 4.78 is 0. The van der Waals surface area contributed by atoms with Crippen LogP contribution in [0.15, 0.2) is 12.1 Å². The summed E-state index contributed by atoms with van der Waals surface area (Å²) in [5, 5.41) is 10.0. The van der Waals surface area contributed by atoms with Gasteiger partial charge in [0.15, 0.2) is 0 Å². The summed E-state index contributed by atoms with van der Waals surface area (Å²) in [5.74, 6) is -0.721. The lowest BCUT2D eigenvalue weighted by atomic mass is 9.99. The summed E-state index contributed by atoms with van der Waals surface area (Å²) in [6.45, 7) is 2.74. The second kappa shape index (κ2) is 8.08. The smallest absolute Gasteiger partial charge is 0.303 e. The molecule has 1 aromatic carbocycles. The quantitative estimate of drug-likeness (QED) is 0.824. The summed E-state index contributed by atoms with van der Waals surface area (Å²) in [6, 6.07) is 3.78. The van der Waals surface area contributed by atoms with Crippen molar-refractivity contribution in [3.8, 4) is 0 Å². The fraction of sp³-hybridized carbons (Fsp3) is 0.500. The molecule has 0 spiro atoms. The molecule has 1 heterocycles. The maximum Gasteiger partial charge on any atom is 0.303 e. The van der Waals surface area contributed by atoms with Crippen molar-refractivity contribution < 1.29 is 9.90 Å². The van der Waals surface area contributed by atoms with Gasteiger partial charge in [-0.05, 0) is 49.1 Å². The highest BCUT2D eigenvalue weighted by atomic mass is 35.5. The number of hydrogen-bond acceptors (Lipinski definition) is 2. The molecular weight excluding hydrogens is 321 g/mol. The largest absolute Gasteiger partial charge is 0.481 e. The molecule has 0 aliphatic carbocycles. The molecule has 1 aliphatic rings. The van der Waals surface area contributed by atoms with Gasteiger partial charge in [0.25, 0.3) is 0 Å². The summed E-state index contributed by atoms with van der Waals surface area (Å²) in [7, 11) is 0. The first-order chi connectivity index (χ1) is 9.06. The van der Waals surface area contributed by atoms with Crippen LogP contribution in [0.2, 0.25) is 10.0 Å². The van der Waals surface area contributed by atoms with Gasteiger partial charge >= 0.3 is 5.97 Å². The molecule has 3 nitrogen and oxygen atoms in total. The van der Waals surface area contributed by atoms with Gasteiger partial charge in [-0.15, -0.1) is 12.4 Å². The molecule has 112 valence electrons. The summed E-state index contributed by atoms with van der Waals surface area (Å²) in [4.78, 5) is 12.8. The zero-order valence-corrected chi connectivity index (χ0v) is 13.4. The van der Waals surface area contributed by atoms with Crippen LogP contribution in [-0.4, -0.2) is 29.1 Å². The van der Waals surface area contributed by atoms with E-state index >= 15 is 0 Å². The highest BCUT2D eigenvalue weighted by Crippen LogP contribution is 2.29. The number of carbonyl (C=O) groups is 1. The van der Waals surface area contributed by atoms with E-state index < -0.39 is 5.97 Å². The van der Waals surface area contributed by atoms with Gasteiger partial charge in [0, 0.05) is 29.6 Å². The Bertz CT molecular complexity index is 480. The topological polar surface area (TPSA) is 40.5 Å². The van der Waals surface area contributed by atoms with E-state index in [9.17, 15) is 4.79 Å². The molecule has 20 heavy (non-hydrogen) atoms. The first-order valence-electron chi connectivity index (χ1n) is 6.47. The van der Waals surface area contributed by atoms with Crippen LogP contribution in [0.4, 0.5) is 0 Å². The molecular formula is C14H18Cl3NO2. The van der Waals surface area contributed by atoms with Crippen LogP contribution in [0.5, 0.6) is 0 Å². The van der Waals surface area contributed by atoms with Crippen LogP contribution in [-0.2, 0) is 17.8 Å². The Morgan fingerprint density at radius 1 is 1.30 bits per heavy atom. The SMILES string of the molecule is Cl.O=C(O)CCCCN1CCc2cc(Cl)cc(Cl)c2C1. The Labute approximate surface area is 135 Å². The van der Waals surface area contributed by atoms with Crippen LogP contribution in [0.1, 0.15) is 30.4 Å². The number of carboxylic acids is 1. The van der Waals surface area contributed by atoms with Crippen molar-refractivity contribution in [1.82, 2.24) is 4.90 Å². The number of rotatable bonds is 5. The van der Waals surface area contributed by atoms with Gasteiger partial charge in [0.2, 0.25) is 0 Å². The monoisotopic (exact) mass is 337 g/mol. The van der Waals surface area contributed by atoms with Gasteiger partial charge in [-0.25, -0.2) is 0 Å². The third-order valence-corrected chi connectivity index (χ3v) is 4.00. The van der Waals surface area contributed by atoms with Crippen LogP contribution >= 0.6 is 35.6 Å². The zero-order chi connectivity index (χ0) is 13.8. The molecule has 0 radical (unpaired) electrons. The van der Waals surface area contributed by atoms with Crippen molar-refractivity contribution in [1.29, 1.82) is 0 Å². The summed E-state index contributed by atoms with van der Waals surface area (Å²) in [5.41, 5.74) is 2.40. The number of carboxylic acid groups (broad SMARTS) is 1. The first kappa shape index (κ1) is 17.6. The van der Waals surface area contributed by atoms with E-state index in [2.05, 4.69) is 4.90 Å². The number of benzene rings is 1. The number of unbranched alkanes of at least 4 members (excludes halogenated alkanes) is 1. The maximum absolute atomic E-state index is 10.4. The normalized spacial score (nSPS) is 14.5. The molecule has 1 aliphatic heterocycles. The van der Waals surface area contributed by atoms with Crippen LogP contribution in [0.3, 0.4) is 0 Å². The summed E-state index contributed by atoms with van der Waals surface area (Å²) in [6.07, 6.45) is 2.84. The van der Waals surface area contributed by atoms with Gasteiger partial charge < -0.3 is 5.11 Å². The average molecular weight is 339 g/mol. The number of aliphatic carboxylic acids is 1. The molecule has 1 N–H and O–H groups in total. The molecule has 0 unspecified atom stereocenters. The molecule has 0 bridgehead atoms. The fourth-order valence-corrected chi connectivity index (χ4v) is 3.04. The van der Waals surface area contributed by atoms with Crippen LogP contribution in [0, 0.1) is 0 Å². The second-order valence-corrected chi connectivity index (χ2v) is 5.75. The zero-order valence-electron chi connectivity index (χ0n) is 11.1.